The Hall–Kier alpha value is -5.24. The fourth-order valence-corrected chi connectivity index (χ4v) is 5.64. The Labute approximate surface area is 248 Å². The lowest BCUT2D eigenvalue weighted by Crippen LogP contribution is -2.22. The quantitative estimate of drug-likeness (QED) is 0.147. The van der Waals surface area contributed by atoms with Crippen molar-refractivity contribution >= 4 is 17.8 Å². The van der Waals surface area contributed by atoms with Gasteiger partial charge in [0.25, 0.3) is 0 Å². The van der Waals surface area contributed by atoms with Crippen LogP contribution in [0.3, 0.4) is 0 Å². The van der Waals surface area contributed by atoms with E-state index in [1.165, 1.54) is 0 Å². The van der Waals surface area contributed by atoms with Crippen molar-refractivity contribution < 1.29 is 38.0 Å². The van der Waals surface area contributed by atoms with Crippen LogP contribution in [0.15, 0.2) is 84.6 Å². The minimum atomic E-state index is -0.426. The van der Waals surface area contributed by atoms with Gasteiger partial charge in [0.05, 0.1) is 25.7 Å². The average Bonchev–Trinajstić information content (AvgIpc) is 3.35. The summed E-state index contributed by atoms with van der Waals surface area (Å²) in [6, 6.07) is 24.3. The standard InChI is InChI=1S/C35H28O8/c1-38-23-9-6-21(7-10-23)14-15-39-27-5-3-2-4-24(27)26-20-32(36)42-29-13-11-25-34(37)31(43-35(25)33(26)29)19-22-8-12-28-30(18-22)41-17-16-40-28/h2-13,18-19,26H,14-17,20H2,1H3/b31-19-. The molecule has 43 heavy (non-hydrogen) atoms. The lowest BCUT2D eigenvalue weighted by atomic mass is 9.84. The first-order chi connectivity index (χ1) is 21.1. The molecule has 0 saturated carbocycles. The molecule has 4 aromatic rings. The summed E-state index contributed by atoms with van der Waals surface area (Å²) in [6.07, 6.45) is 2.47. The number of allylic oxidation sites excluding steroid dienone is 1. The third kappa shape index (κ3) is 5.16. The molecule has 7 rings (SSSR count). The normalized spacial score (nSPS) is 17.5. The molecule has 0 amide bonds. The molecule has 0 aliphatic carbocycles. The number of hydrogen-bond donors (Lipinski definition) is 0. The summed E-state index contributed by atoms with van der Waals surface area (Å²) in [7, 11) is 1.64. The van der Waals surface area contributed by atoms with Crippen molar-refractivity contribution in [3.63, 3.8) is 0 Å². The van der Waals surface area contributed by atoms with E-state index >= 15 is 0 Å². The number of benzene rings is 4. The third-order valence-corrected chi connectivity index (χ3v) is 7.75. The maximum absolute atomic E-state index is 13.5. The number of fused-ring (bicyclic) bond motifs is 4. The highest BCUT2D eigenvalue weighted by molar-refractivity contribution is 6.15. The fourth-order valence-electron chi connectivity index (χ4n) is 5.64. The van der Waals surface area contributed by atoms with E-state index in [1.54, 1.807) is 25.3 Å². The van der Waals surface area contributed by atoms with Gasteiger partial charge in [0.1, 0.15) is 36.2 Å². The Morgan fingerprint density at radius 3 is 2.49 bits per heavy atom. The Balaban J connectivity index is 1.18. The maximum atomic E-state index is 13.5. The van der Waals surface area contributed by atoms with Gasteiger partial charge in [-0.1, -0.05) is 36.4 Å². The molecule has 0 spiro atoms. The molecule has 8 heteroatoms. The number of esters is 1. The Morgan fingerprint density at radius 1 is 0.860 bits per heavy atom. The van der Waals surface area contributed by atoms with E-state index in [-0.39, 0.29) is 23.9 Å². The number of ether oxygens (including phenoxy) is 6. The molecule has 0 bridgehead atoms. The van der Waals surface area contributed by atoms with Crippen LogP contribution < -0.4 is 28.4 Å². The maximum Gasteiger partial charge on any atom is 0.312 e. The molecule has 3 heterocycles. The molecule has 1 atom stereocenters. The van der Waals surface area contributed by atoms with Crippen molar-refractivity contribution in [3.05, 3.63) is 112 Å². The van der Waals surface area contributed by atoms with Crippen LogP contribution in [-0.2, 0) is 11.2 Å². The molecule has 0 fully saturated rings. The van der Waals surface area contributed by atoms with E-state index in [0.29, 0.717) is 66.1 Å². The van der Waals surface area contributed by atoms with Crippen LogP contribution in [0.25, 0.3) is 6.08 Å². The summed E-state index contributed by atoms with van der Waals surface area (Å²) in [4.78, 5) is 26.2. The van der Waals surface area contributed by atoms with Gasteiger partial charge in [-0.3, -0.25) is 9.59 Å². The number of hydrogen-bond acceptors (Lipinski definition) is 8. The highest BCUT2D eigenvalue weighted by Crippen LogP contribution is 2.50. The molecule has 0 saturated heterocycles. The van der Waals surface area contributed by atoms with Crippen molar-refractivity contribution in [1.29, 1.82) is 0 Å². The Morgan fingerprint density at radius 2 is 1.65 bits per heavy atom. The van der Waals surface area contributed by atoms with Gasteiger partial charge in [0.15, 0.2) is 17.3 Å². The van der Waals surface area contributed by atoms with Crippen molar-refractivity contribution in [2.45, 2.75) is 18.8 Å². The van der Waals surface area contributed by atoms with Gasteiger partial charge < -0.3 is 28.4 Å². The van der Waals surface area contributed by atoms with Crippen LogP contribution in [0.5, 0.6) is 34.5 Å². The number of methoxy groups -OCH3 is 1. The SMILES string of the molecule is COc1ccc(CCOc2ccccc2C2CC(=O)Oc3ccc4c(c32)O/C(=C\c2ccc3c(c2)OCCO3)C4=O)cc1. The number of carbonyl (C=O) groups is 2. The smallest absolute Gasteiger partial charge is 0.312 e. The largest absolute Gasteiger partial charge is 0.497 e. The number of para-hydroxylation sites is 1. The van der Waals surface area contributed by atoms with Gasteiger partial charge in [0.2, 0.25) is 5.78 Å². The molecule has 0 radical (unpaired) electrons. The summed E-state index contributed by atoms with van der Waals surface area (Å²) in [5, 5.41) is 0. The van der Waals surface area contributed by atoms with Gasteiger partial charge in [0, 0.05) is 23.5 Å². The van der Waals surface area contributed by atoms with Crippen LogP contribution in [0.2, 0.25) is 0 Å². The molecule has 4 aromatic carbocycles. The fraction of sp³-hybridized carbons (Fsp3) is 0.200. The van der Waals surface area contributed by atoms with E-state index in [2.05, 4.69) is 0 Å². The topological polar surface area (TPSA) is 89.5 Å². The average molecular weight is 577 g/mol. The Kier molecular flexibility index (Phi) is 6.95. The summed E-state index contributed by atoms with van der Waals surface area (Å²) in [5.74, 6) is 2.68. The summed E-state index contributed by atoms with van der Waals surface area (Å²) >= 11 is 0. The molecular formula is C35H28O8. The molecule has 0 aromatic heterocycles. The predicted molar refractivity (Wildman–Crippen MR) is 158 cm³/mol. The van der Waals surface area contributed by atoms with E-state index in [1.807, 2.05) is 66.7 Å². The van der Waals surface area contributed by atoms with Gasteiger partial charge >= 0.3 is 5.97 Å². The van der Waals surface area contributed by atoms with Crippen LogP contribution in [0, 0.1) is 0 Å². The first kappa shape index (κ1) is 26.6. The summed E-state index contributed by atoms with van der Waals surface area (Å²) in [6.45, 7) is 1.41. The van der Waals surface area contributed by atoms with Gasteiger partial charge in [-0.25, -0.2) is 0 Å². The summed E-state index contributed by atoms with van der Waals surface area (Å²) < 4.78 is 34.7. The van der Waals surface area contributed by atoms with E-state index < -0.39 is 5.92 Å². The van der Waals surface area contributed by atoms with E-state index in [4.69, 9.17) is 28.4 Å². The van der Waals surface area contributed by atoms with Crippen LogP contribution in [-0.4, -0.2) is 38.7 Å². The molecule has 3 aliphatic heterocycles. The molecule has 1 unspecified atom stereocenters. The van der Waals surface area contributed by atoms with E-state index in [0.717, 1.165) is 22.4 Å². The second kappa shape index (κ2) is 11.2. The first-order valence-electron chi connectivity index (χ1n) is 14.1. The van der Waals surface area contributed by atoms with Crippen molar-refractivity contribution in [2.75, 3.05) is 26.9 Å². The first-order valence-corrected chi connectivity index (χ1v) is 14.1. The minimum Gasteiger partial charge on any atom is -0.497 e. The number of ketones is 1. The second-order valence-electron chi connectivity index (χ2n) is 10.4. The minimum absolute atomic E-state index is 0.0844. The Bertz CT molecular complexity index is 1750. The van der Waals surface area contributed by atoms with E-state index in [9.17, 15) is 9.59 Å². The van der Waals surface area contributed by atoms with Crippen molar-refractivity contribution in [3.8, 4) is 34.5 Å². The zero-order chi connectivity index (χ0) is 29.3. The van der Waals surface area contributed by atoms with Gasteiger partial charge in [-0.05, 0) is 59.7 Å². The molecular weight excluding hydrogens is 548 g/mol. The lowest BCUT2D eigenvalue weighted by Gasteiger charge is -2.27. The van der Waals surface area contributed by atoms with Crippen LogP contribution in [0.1, 0.15) is 45.0 Å². The predicted octanol–water partition coefficient (Wildman–Crippen LogP) is 6.15. The van der Waals surface area contributed by atoms with Gasteiger partial charge in [-0.2, -0.15) is 0 Å². The third-order valence-electron chi connectivity index (χ3n) is 7.75. The van der Waals surface area contributed by atoms with Crippen molar-refractivity contribution in [1.82, 2.24) is 0 Å². The zero-order valence-corrected chi connectivity index (χ0v) is 23.5. The van der Waals surface area contributed by atoms with Crippen LogP contribution >= 0.6 is 0 Å². The molecule has 0 N–H and O–H groups in total. The monoisotopic (exact) mass is 576 g/mol. The highest BCUT2D eigenvalue weighted by atomic mass is 16.6. The van der Waals surface area contributed by atoms with Crippen molar-refractivity contribution in [2.24, 2.45) is 0 Å². The summed E-state index contributed by atoms with van der Waals surface area (Å²) in [5.41, 5.74) is 3.76. The van der Waals surface area contributed by atoms with Gasteiger partial charge in [-0.15, -0.1) is 0 Å². The number of carbonyl (C=O) groups excluding carboxylic acids is 2. The zero-order valence-electron chi connectivity index (χ0n) is 23.5. The molecule has 3 aliphatic rings. The number of Topliss-reactive ketones (excluding diaryl/α,β-unsaturated/α-hetero) is 1. The molecule has 216 valence electrons. The number of rotatable bonds is 7. The second-order valence-corrected chi connectivity index (χ2v) is 10.4. The highest BCUT2D eigenvalue weighted by Gasteiger charge is 2.39. The molecule has 8 nitrogen and oxygen atoms in total. The lowest BCUT2D eigenvalue weighted by molar-refractivity contribution is -0.135. The van der Waals surface area contributed by atoms with Crippen LogP contribution in [0.4, 0.5) is 0 Å².